The van der Waals surface area contributed by atoms with Gasteiger partial charge in [-0.05, 0) is 43.0 Å². The number of hydrogen-bond donors (Lipinski definition) is 1. The first-order chi connectivity index (χ1) is 17.7. The molecule has 1 saturated carbocycles. The number of hydrogen-bond acceptors (Lipinski definition) is 6. The standard InChI is InChI=1S/C26H20F4N4O2S/c27-20-12-17(7-8-22(20)36-15-16-5-2-1-3-6-16)34-24(37)33(23(35)25(34)9-4-10-25)18-11-19(26(28,29)30)21(13-31)32-14-18/h1-3,5-8,11-12,14,24,37H,4,9-10,15H2. The number of anilines is 2. The molecule has 2 aliphatic rings. The second kappa shape index (κ2) is 9.27. The van der Waals surface area contributed by atoms with Crippen LogP contribution in [0.5, 0.6) is 5.75 Å². The van der Waals surface area contributed by atoms with Gasteiger partial charge in [0.1, 0.15) is 18.2 Å². The Morgan fingerprint density at radius 2 is 1.86 bits per heavy atom. The number of aromatic nitrogens is 1. The number of pyridine rings is 1. The number of halogens is 4. The smallest absolute Gasteiger partial charge is 0.419 e. The molecule has 2 fully saturated rings. The largest absolute Gasteiger partial charge is 0.486 e. The highest BCUT2D eigenvalue weighted by Gasteiger charge is 2.60. The molecule has 1 aromatic heterocycles. The molecule has 2 aromatic carbocycles. The van der Waals surface area contributed by atoms with Gasteiger partial charge in [0.25, 0.3) is 5.91 Å². The molecule has 1 unspecified atom stereocenters. The van der Waals surface area contributed by atoms with Crippen LogP contribution in [0.4, 0.5) is 28.9 Å². The number of benzene rings is 2. The number of alkyl halides is 3. The summed E-state index contributed by atoms with van der Waals surface area (Å²) in [6.07, 6.45) is -2.20. The van der Waals surface area contributed by atoms with Crippen molar-refractivity contribution in [1.29, 1.82) is 5.26 Å². The first-order valence-electron chi connectivity index (χ1n) is 11.4. The Morgan fingerprint density at radius 1 is 1.14 bits per heavy atom. The fraction of sp³-hybridized carbons (Fsp3) is 0.269. The minimum Gasteiger partial charge on any atom is -0.486 e. The van der Waals surface area contributed by atoms with E-state index in [1.54, 1.807) is 11.0 Å². The molecule has 1 aliphatic heterocycles. The summed E-state index contributed by atoms with van der Waals surface area (Å²) in [5.74, 6) is -1.07. The lowest BCUT2D eigenvalue weighted by molar-refractivity contribution is -0.138. The number of ether oxygens (including phenoxy) is 1. The molecule has 1 saturated heterocycles. The molecule has 190 valence electrons. The van der Waals surface area contributed by atoms with E-state index in [-0.39, 0.29) is 18.0 Å². The average molecular weight is 529 g/mol. The summed E-state index contributed by atoms with van der Waals surface area (Å²) in [7, 11) is 0. The summed E-state index contributed by atoms with van der Waals surface area (Å²) in [6, 6.07) is 15.7. The molecule has 6 nitrogen and oxygen atoms in total. The van der Waals surface area contributed by atoms with E-state index in [1.807, 2.05) is 30.3 Å². The second-order valence-electron chi connectivity index (χ2n) is 8.86. The van der Waals surface area contributed by atoms with Crippen molar-refractivity contribution in [2.24, 2.45) is 0 Å². The third kappa shape index (κ3) is 4.25. The van der Waals surface area contributed by atoms with Gasteiger partial charge in [-0.25, -0.2) is 9.37 Å². The molecule has 3 aromatic rings. The van der Waals surface area contributed by atoms with Gasteiger partial charge in [0.2, 0.25) is 0 Å². The Morgan fingerprint density at radius 3 is 2.46 bits per heavy atom. The van der Waals surface area contributed by atoms with Gasteiger partial charge in [-0.3, -0.25) is 9.69 Å². The maximum Gasteiger partial charge on any atom is 0.419 e. The van der Waals surface area contributed by atoms with Crippen molar-refractivity contribution in [3.8, 4) is 11.8 Å². The fourth-order valence-corrected chi connectivity index (χ4v) is 5.34. The summed E-state index contributed by atoms with van der Waals surface area (Å²) in [6.45, 7) is 0.166. The number of nitrogens with zero attached hydrogens (tertiary/aromatic N) is 4. The maximum absolute atomic E-state index is 15.1. The molecular formula is C26H20F4N4O2S. The van der Waals surface area contributed by atoms with Gasteiger partial charge in [-0.1, -0.05) is 30.3 Å². The van der Waals surface area contributed by atoms with Crippen LogP contribution in [0.15, 0.2) is 60.8 Å². The van der Waals surface area contributed by atoms with Crippen molar-refractivity contribution in [2.75, 3.05) is 9.80 Å². The van der Waals surface area contributed by atoms with Gasteiger partial charge in [0, 0.05) is 11.8 Å². The molecule has 1 atom stereocenters. The van der Waals surface area contributed by atoms with E-state index in [1.165, 1.54) is 18.2 Å². The monoisotopic (exact) mass is 528 g/mol. The van der Waals surface area contributed by atoms with Crippen LogP contribution in [0.3, 0.4) is 0 Å². The van der Waals surface area contributed by atoms with Crippen molar-refractivity contribution in [1.82, 2.24) is 4.98 Å². The predicted molar refractivity (Wildman–Crippen MR) is 130 cm³/mol. The summed E-state index contributed by atoms with van der Waals surface area (Å²) in [5, 5.41) is 9.05. The van der Waals surface area contributed by atoms with Crippen molar-refractivity contribution in [3.05, 3.63) is 83.4 Å². The average Bonchev–Trinajstić information content (AvgIpc) is 3.09. The van der Waals surface area contributed by atoms with Crippen LogP contribution >= 0.6 is 12.6 Å². The van der Waals surface area contributed by atoms with Crippen molar-refractivity contribution in [2.45, 2.75) is 43.1 Å². The van der Waals surface area contributed by atoms with E-state index in [4.69, 9.17) is 10.00 Å². The van der Waals surface area contributed by atoms with Gasteiger partial charge < -0.3 is 9.64 Å². The number of rotatable bonds is 5. The Hall–Kier alpha value is -3.78. The number of amides is 1. The van der Waals surface area contributed by atoms with Gasteiger partial charge in [0.05, 0.1) is 17.4 Å². The zero-order valence-electron chi connectivity index (χ0n) is 19.2. The van der Waals surface area contributed by atoms with Crippen LogP contribution < -0.4 is 14.5 Å². The molecule has 1 amide bonds. The zero-order chi connectivity index (χ0) is 26.4. The minimum atomic E-state index is -4.84. The van der Waals surface area contributed by atoms with E-state index >= 15 is 4.39 Å². The molecule has 0 N–H and O–H groups in total. The number of thiol groups is 1. The molecule has 5 rings (SSSR count). The summed E-state index contributed by atoms with van der Waals surface area (Å²) in [4.78, 5) is 19.9. The number of carbonyl (C=O) groups excluding carboxylic acids is 1. The van der Waals surface area contributed by atoms with Crippen LogP contribution in [-0.4, -0.2) is 21.9 Å². The molecular weight excluding hydrogens is 508 g/mol. The lowest BCUT2D eigenvalue weighted by Gasteiger charge is -2.44. The topological polar surface area (TPSA) is 69.5 Å². The molecule has 37 heavy (non-hydrogen) atoms. The maximum atomic E-state index is 15.1. The van der Waals surface area contributed by atoms with Crippen LogP contribution in [0, 0.1) is 17.1 Å². The van der Waals surface area contributed by atoms with E-state index in [2.05, 4.69) is 17.6 Å². The van der Waals surface area contributed by atoms with Crippen molar-refractivity contribution in [3.63, 3.8) is 0 Å². The Bertz CT molecular complexity index is 1390. The second-order valence-corrected chi connectivity index (χ2v) is 9.33. The number of carbonyl (C=O) groups is 1. The predicted octanol–water partition coefficient (Wildman–Crippen LogP) is 5.68. The lowest BCUT2D eigenvalue weighted by Crippen LogP contribution is -2.55. The van der Waals surface area contributed by atoms with Gasteiger partial charge in [-0.15, -0.1) is 12.6 Å². The third-order valence-corrected chi connectivity index (χ3v) is 7.18. The third-order valence-electron chi connectivity index (χ3n) is 6.71. The summed E-state index contributed by atoms with van der Waals surface area (Å²) >= 11 is 4.57. The van der Waals surface area contributed by atoms with Crippen LogP contribution in [0.25, 0.3) is 0 Å². The SMILES string of the molecule is N#Cc1ncc(N2C(=O)C3(CCC3)N(c3ccc(OCc4ccccc4)c(F)c3)C2S)cc1C(F)(F)F. The lowest BCUT2D eigenvalue weighted by atomic mass is 9.75. The highest BCUT2D eigenvalue weighted by Crippen LogP contribution is 2.50. The zero-order valence-corrected chi connectivity index (χ0v) is 20.1. The van der Waals surface area contributed by atoms with Crippen molar-refractivity contribution < 1.29 is 27.1 Å². The van der Waals surface area contributed by atoms with E-state index in [9.17, 15) is 18.0 Å². The van der Waals surface area contributed by atoms with Crippen molar-refractivity contribution >= 4 is 29.9 Å². The van der Waals surface area contributed by atoms with Gasteiger partial charge >= 0.3 is 6.18 Å². The highest BCUT2D eigenvalue weighted by atomic mass is 32.1. The highest BCUT2D eigenvalue weighted by molar-refractivity contribution is 7.81. The fourth-order valence-electron chi connectivity index (χ4n) is 4.75. The quantitative estimate of drug-likeness (QED) is 0.341. The molecule has 1 spiro atoms. The normalized spacial score (nSPS) is 18.6. The Labute approximate surface area is 215 Å². The van der Waals surface area contributed by atoms with E-state index in [0.29, 0.717) is 18.5 Å². The Balaban J connectivity index is 1.47. The molecule has 0 bridgehead atoms. The van der Waals surface area contributed by atoms with E-state index < -0.39 is 40.2 Å². The number of nitriles is 1. The van der Waals surface area contributed by atoms with Crippen LogP contribution in [0.2, 0.25) is 0 Å². The van der Waals surface area contributed by atoms with Crippen LogP contribution in [-0.2, 0) is 17.6 Å². The molecule has 2 heterocycles. The van der Waals surface area contributed by atoms with Gasteiger partial charge in [0.15, 0.2) is 22.8 Å². The molecule has 0 radical (unpaired) electrons. The Kier molecular flexibility index (Phi) is 6.23. The summed E-state index contributed by atoms with van der Waals surface area (Å²) in [5.41, 5.74) is -3.07. The first kappa shape index (κ1) is 24.9. The van der Waals surface area contributed by atoms with Crippen LogP contribution in [0.1, 0.15) is 36.1 Å². The minimum absolute atomic E-state index is 0.0273. The van der Waals surface area contributed by atoms with Gasteiger partial charge in [-0.2, -0.15) is 18.4 Å². The molecule has 1 aliphatic carbocycles. The molecule has 11 heteroatoms. The van der Waals surface area contributed by atoms with E-state index in [0.717, 1.165) is 29.1 Å². The summed E-state index contributed by atoms with van der Waals surface area (Å²) < 4.78 is 61.3. The first-order valence-corrected chi connectivity index (χ1v) is 11.9.